The van der Waals surface area contributed by atoms with Crippen LogP contribution in [0.15, 0.2) is 30.3 Å². The van der Waals surface area contributed by atoms with Gasteiger partial charge in [0.1, 0.15) is 12.6 Å². The monoisotopic (exact) mass is 488 g/mol. The third-order valence-corrected chi connectivity index (χ3v) is 5.49. The predicted molar refractivity (Wildman–Crippen MR) is 129 cm³/mol. The molecule has 0 saturated carbocycles. The Morgan fingerprint density at radius 3 is 2.26 bits per heavy atom. The van der Waals surface area contributed by atoms with E-state index >= 15 is 0 Å². The summed E-state index contributed by atoms with van der Waals surface area (Å²) in [6.07, 6.45) is 0.0126. The number of benzene rings is 1. The van der Waals surface area contributed by atoms with E-state index in [0.29, 0.717) is 13.0 Å². The summed E-state index contributed by atoms with van der Waals surface area (Å²) in [5, 5.41) is 10.4. The normalized spacial score (nSPS) is 16.9. The summed E-state index contributed by atoms with van der Waals surface area (Å²) in [5.41, 5.74) is 0.796. The lowest BCUT2D eigenvalue weighted by molar-refractivity contribution is -0.141. The molecule has 0 aliphatic carbocycles. The van der Waals surface area contributed by atoms with E-state index in [1.54, 1.807) is 13.8 Å². The molecule has 1 fully saturated rings. The largest absolute Gasteiger partial charge is 0.445 e. The predicted octanol–water partition coefficient (Wildman–Crippen LogP) is 1.43. The van der Waals surface area contributed by atoms with E-state index in [9.17, 15) is 24.0 Å². The quantitative estimate of drug-likeness (QED) is 0.328. The molecule has 0 spiro atoms. The molecule has 4 N–H and O–H groups in total. The second-order valence-corrected chi connectivity index (χ2v) is 9.45. The van der Waals surface area contributed by atoms with Gasteiger partial charge in [-0.25, -0.2) is 4.79 Å². The number of carbonyl (C=O) groups is 5. The molecule has 3 unspecified atom stereocenters. The van der Waals surface area contributed by atoms with Gasteiger partial charge in [-0.2, -0.15) is 0 Å². The van der Waals surface area contributed by atoms with E-state index < -0.39 is 41.7 Å². The summed E-state index contributed by atoms with van der Waals surface area (Å²) in [5.74, 6) is -2.96. The van der Waals surface area contributed by atoms with E-state index in [0.717, 1.165) is 5.56 Å². The zero-order valence-electron chi connectivity index (χ0n) is 20.8. The first-order chi connectivity index (χ1) is 16.6. The van der Waals surface area contributed by atoms with Gasteiger partial charge >= 0.3 is 6.09 Å². The number of hydrogen-bond donors (Lipinski definition) is 4. The van der Waals surface area contributed by atoms with Crippen molar-refractivity contribution in [3.8, 4) is 0 Å². The van der Waals surface area contributed by atoms with Crippen LogP contribution in [0.3, 0.4) is 0 Å². The molecule has 1 saturated heterocycles. The van der Waals surface area contributed by atoms with Crippen molar-refractivity contribution in [3.05, 3.63) is 35.9 Å². The van der Waals surface area contributed by atoms with E-state index in [1.165, 1.54) is 0 Å². The van der Waals surface area contributed by atoms with Gasteiger partial charge in [0.05, 0.1) is 6.04 Å². The molecule has 1 aromatic rings. The average Bonchev–Trinajstić information content (AvgIpc) is 3.20. The lowest BCUT2D eigenvalue weighted by Gasteiger charge is -2.25. The van der Waals surface area contributed by atoms with E-state index in [-0.39, 0.29) is 37.3 Å². The number of Topliss-reactive ketones (excluding diaryl/α,β-unsaturated/α-hetero) is 1. The summed E-state index contributed by atoms with van der Waals surface area (Å²) in [6.45, 7) is 7.72. The standard InChI is InChI=1S/C25H36N4O6/c1-15(2)12-20(29-25(34)35-14-17-8-6-5-7-9-17)23(32)28-19(13-18-10-11-26-22(18)31)21(30)24(33)27-16(3)4/h5-9,15-16,18-20H,10-14H2,1-4H3,(H,26,31)(H,27,33)(H,28,32)(H,29,34). The van der Waals surface area contributed by atoms with Crippen LogP contribution in [-0.2, 0) is 30.5 Å². The molecule has 35 heavy (non-hydrogen) atoms. The molecule has 3 atom stereocenters. The highest BCUT2D eigenvalue weighted by atomic mass is 16.5. The number of rotatable bonds is 12. The summed E-state index contributed by atoms with van der Waals surface area (Å²) in [6, 6.07) is 6.65. The van der Waals surface area contributed by atoms with Gasteiger partial charge < -0.3 is 26.0 Å². The topological polar surface area (TPSA) is 143 Å². The third kappa shape index (κ3) is 9.38. The Bertz CT molecular complexity index is 902. The lowest BCUT2D eigenvalue weighted by Crippen LogP contribution is -2.55. The molecule has 10 heteroatoms. The second kappa shape index (κ2) is 13.5. The number of carbonyl (C=O) groups excluding carboxylic acids is 5. The zero-order chi connectivity index (χ0) is 26.0. The maximum atomic E-state index is 13.1. The van der Waals surface area contributed by atoms with Gasteiger partial charge in [0.25, 0.3) is 5.91 Å². The Kier molecular flexibility index (Phi) is 10.7. The Labute approximate surface area is 205 Å². The van der Waals surface area contributed by atoms with Crippen molar-refractivity contribution >= 4 is 29.6 Å². The average molecular weight is 489 g/mol. The van der Waals surface area contributed by atoms with Gasteiger partial charge in [0, 0.05) is 18.5 Å². The molecule has 0 bridgehead atoms. The molecule has 1 aliphatic heterocycles. The molecular formula is C25H36N4O6. The summed E-state index contributed by atoms with van der Waals surface area (Å²) >= 11 is 0. The highest BCUT2D eigenvalue weighted by Crippen LogP contribution is 2.17. The second-order valence-electron chi connectivity index (χ2n) is 9.45. The molecular weight excluding hydrogens is 452 g/mol. The van der Waals surface area contributed by atoms with Crippen molar-refractivity contribution in [2.24, 2.45) is 11.8 Å². The molecule has 10 nitrogen and oxygen atoms in total. The fourth-order valence-corrected chi connectivity index (χ4v) is 3.76. The minimum absolute atomic E-state index is 0.00518. The van der Waals surface area contributed by atoms with E-state index in [1.807, 2.05) is 44.2 Å². The lowest BCUT2D eigenvalue weighted by atomic mass is 9.94. The SMILES string of the molecule is CC(C)CC(NC(=O)OCc1ccccc1)C(=O)NC(CC1CCNC1=O)C(=O)C(=O)NC(C)C. The highest BCUT2D eigenvalue weighted by Gasteiger charge is 2.35. The molecule has 2 rings (SSSR count). The first-order valence-electron chi connectivity index (χ1n) is 12.0. The third-order valence-electron chi connectivity index (χ3n) is 5.49. The molecule has 1 aliphatic rings. The van der Waals surface area contributed by atoms with Crippen molar-refractivity contribution in [2.45, 2.75) is 71.7 Å². The van der Waals surface area contributed by atoms with E-state index in [4.69, 9.17) is 4.74 Å². The van der Waals surface area contributed by atoms with Crippen LogP contribution >= 0.6 is 0 Å². The van der Waals surface area contributed by atoms with Gasteiger partial charge in [-0.1, -0.05) is 44.2 Å². The van der Waals surface area contributed by atoms with Crippen molar-refractivity contribution in [3.63, 3.8) is 0 Å². The van der Waals surface area contributed by atoms with Crippen LogP contribution in [0.25, 0.3) is 0 Å². The first-order valence-corrected chi connectivity index (χ1v) is 12.0. The number of hydrogen-bond acceptors (Lipinski definition) is 6. The fourth-order valence-electron chi connectivity index (χ4n) is 3.76. The van der Waals surface area contributed by atoms with Crippen LogP contribution < -0.4 is 21.3 Å². The Balaban J connectivity index is 2.09. The highest BCUT2D eigenvalue weighted by molar-refractivity contribution is 6.38. The van der Waals surface area contributed by atoms with Gasteiger partial charge in [0.15, 0.2) is 0 Å². The smallest absolute Gasteiger partial charge is 0.408 e. The van der Waals surface area contributed by atoms with Crippen LogP contribution in [0, 0.1) is 11.8 Å². The van der Waals surface area contributed by atoms with Crippen LogP contribution in [0.4, 0.5) is 4.79 Å². The van der Waals surface area contributed by atoms with Gasteiger partial charge in [-0.15, -0.1) is 0 Å². The van der Waals surface area contributed by atoms with Crippen LogP contribution in [-0.4, -0.2) is 54.3 Å². The fraction of sp³-hybridized carbons (Fsp3) is 0.560. The van der Waals surface area contributed by atoms with E-state index in [2.05, 4.69) is 21.3 Å². The summed E-state index contributed by atoms with van der Waals surface area (Å²) in [7, 11) is 0. The Morgan fingerprint density at radius 2 is 1.69 bits per heavy atom. The van der Waals surface area contributed by atoms with Gasteiger partial charge in [-0.3, -0.25) is 19.2 Å². The van der Waals surface area contributed by atoms with Crippen molar-refractivity contribution in [1.82, 2.24) is 21.3 Å². The van der Waals surface area contributed by atoms with Gasteiger partial charge in [-0.05, 0) is 44.6 Å². The molecule has 1 heterocycles. The number of amides is 4. The Hall–Kier alpha value is -3.43. The molecule has 0 radical (unpaired) electrons. The zero-order valence-corrected chi connectivity index (χ0v) is 20.8. The minimum atomic E-state index is -1.20. The summed E-state index contributed by atoms with van der Waals surface area (Å²) < 4.78 is 5.23. The first kappa shape index (κ1) is 27.8. The molecule has 4 amide bonds. The summed E-state index contributed by atoms with van der Waals surface area (Å²) in [4.78, 5) is 62.8. The number of alkyl carbamates (subject to hydrolysis) is 1. The van der Waals surface area contributed by atoms with Gasteiger partial charge in [0.2, 0.25) is 17.6 Å². The number of ether oxygens (including phenoxy) is 1. The van der Waals surface area contributed by atoms with Crippen LogP contribution in [0.5, 0.6) is 0 Å². The number of nitrogens with one attached hydrogen (secondary N) is 4. The minimum Gasteiger partial charge on any atom is -0.445 e. The van der Waals surface area contributed by atoms with Crippen molar-refractivity contribution in [2.75, 3.05) is 6.54 Å². The Morgan fingerprint density at radius 1 is 1.00 bits per heavy atom. The van der Waals surface area contributed by atoms with Crippen LogP contribution in [0.2, 0.25) is 0 Å². The van der Waals surface area contributed by atoms with Crippen molar-refractivity contribution < 1.29 is 28.7 Å². The number of ketones is 1. The maximum absolute atomic E-state index is 13.1. The van der Waals surface area contributed by atoms with Crippen molar-refractivity contribution in [1.29, 1.82) is 0 Å². The molecule has 1 aromatic carbocycles. The molecule has 0 aromatic heterocycles. The van der Waals surface area contributed by atoms with Crippen LogP contribution in [0.1, 0.15) is 52.5 Å². The molecule has 192 valence electrons. The maximum Gasteiger partial charge on any atom is 0.408 e.